The van der Waals surface area contributed by atoms with E-state index in [1.54, 1.807) is 0 Å². The van der Waals surface area contributed by atoms with Crippen LogP contribution >= 0.6 is 0 Å². The van der Waals surface area contributed by atoms with Gasteiger partial charge in [0.05, 0.1) is 0 Å². The number of pyridine rings is 1. The lowest BCUT2D eigenvalue weighted by Gasteiger charge is -2.20. The van der Waals surface area contributed by atoms with Crippen LogP contribution in [0.4, 0.5) is 0 Å². The molecule has 82 valence electrons. The summed E-state index contributed by atoms with van der Waals surface area (Å²) in [5.41, 5.74) is 1.33. The first kappa shape index (κ1) is 10.6. The van der Waals surface area contributed by atoms with Crippen LogP contribution < -0.4 is 10.6 Å². The quantitative estimate of drug-likeness (QED) is 0.782. The zero-order valence-electron chi connectivity index (χ0n) is 9.24. The molecule has 2 rings (SSSR count). The maximum atomic E-state index is 4.05. The van der Waals surface area contributed by atoms with E-state index >= 15 is 0 Å². The van der Waals surface area contributed by atoms with Crippen molar-refractivity contribution in [3.8, 4) is 0 Å². The average molecular weight is 205 g/mol. The van der Waals surface area contributed by atoms with Gasteiger partial charge in [-0.3, -0.25) is 4.98 Å². The van der Waals surface area contributed by atoms with Crippen LogP contribution in [0.5, 0.6) is 0 Å². The SMILES string of the molecule is CNC(CC1CCCN1)c1ccncc1. The highest BCUT2D eigenvalue weighted by Crippen LogP contribution is 2.21. The predicted octanol–water partition coefficient (Wildman–Crippen LogP) is 1.48. The highest BCUT2D eigenvalue weighted by molar-refractivity contribution is 5.15. The van der Waals surface area contributed by atoms with Gasteiger partial charge >= 0.3 is 0 Å². The minimum atomic E-state index is 0.448. The largest absolute Gasteiger partial charge is 0.314 e. The van der Waals surface area contributed by atoms with E-state index in [9.17, 15) is 0 Å². The van der Waals surface area contributed by atoms with Crippen molar-refractivity contribution in [3.05, 3.63) is 30.1 Å². The molecule has 0 amide bonds. The van der Waals surface area contributed by atoms with Gasteiger partial charge < -0.3 is 10.6 Å². The van der Waals surface area contributed by atoms with Crippen LogP contribution in [0.1, 0.15) is 30.9 Å². The normalized spacial score (nSPS) is 22.9. The van der Waals surface area contributed by atoms with Crippen molar-refractivity contribution in [2.75, 3.05) is 13.6 Å². The van der Waals surface area contributed by atoms with E-state index in [4.69, 9.17) is 0 Å². The Bertz CT molecular complexity index is 280. The summed E-state index contributed by atoms with van der Waals surface area (Å²) in [5.74, 6) is 0. The third kappa shape index (κ3) is 2.76. The lowest BCUT2D eigenvalue weighted by atomic mass is 9.99. The van der Waals surface area contributed by atoms with Gasteiger partial charge in [-0.15, -0.1) is 0 Å². The van der Waals surface area contributed by atoms with Gasteiger partial charge in [-0.05, 0) is 50.6 Å². The van der Waals surface area contributed by atoms with E-state index in [1.807, 2.05) is 19.4 Å². The minimum absolute atomic E-state index is 0.448. The third-order valence-electron chi connectivity index (χ3n) is 3.14. The highest BCUT2D eigenvalue weighted by Gasteiger charge is 2.19. The molecule has 3 nitrogen and oxygen atoms in total. The zero-order chi connectivity index (χ0) is 10.5. The van der Waals surface area contributed by atoms with Crippen molar-refractivity contribution >= 4 is 0 Å². The van der Waals surface area contributed by atoms with Crippen molar-refractivity contribution in [1.29, 1.82) is 0 Å². The van der Waals surface area contributed by atoms with Crippen molar-refractivity contribution in [2.45, 2.75) is 31.3 Å². The van der Waals surface area contributed by atoms with Gasteiger partial charge in [-0.1, -0.05) is 0 Å². The van der Waals surface area contributed by atoms with Crippen LogP contribution in [0.2, 0.25) is 0 Å². The maximum absolute atomic E-state index is 4.05. The topological polar surface area (TPSA) is 37.0 Å². The molecule has 2 unspecified atom stereocenters. The van der Waals surface area contributed by atoms with Crippen molar-refractivity contribution in [1.82, 2.24) is 15.6 Å². The molecule has 0 aromatic carbocycles. The molecule has 1 saturated heterocycles. The monoisotopic (exact) mass is 205 g/mol. The van der Waals surface area contributed by atoms with Crippen LogP contribution in [-0.4, -0.2) is 24.6 Å². The summed E-state index contributed by atoms with van der Waals surface area (Å²) in [5, 5.41) is 6.91. The van der Waals surface area contributed by atoms with Crippen LogP contribution in [0.25, 0.3) is 0 Å². The Morgan fingerprint density at radius 3 is 2.93 bits per heavy atom. The molecule has 0 bridgehead atoms. The summed E-state index contributed by atoms with van der Waals surface area (Å²) in [4.78, 5) is 4.05. The maximum Gasteiger partial charge on any atom is 0.0333 e. The third-order valence-corrected chi connectivity index (χ3v) is 3.14. The smallest absolute Gasteiger partial charge is 0.0333 e. The van der Waals surface area contributed by atoms with Crippen LogP contribution in [0.15, 0.2) is 24.5 Å². The molecule has 15 heavy (non-hydrogen) atoms. The minimum Gasteiger partial charge on any atom is -0.314 e. The molecule has 0 spiro atoms. The molecule has 0 aliphatic carbocycles. The van der Waals surface area contributed by atoms with Gasteiger partial charge in [-0.25, -0.2) is 0 Å². The molecule has 1 fully saturated rings. The molecule has 1 aromatic rings. The average Bonchev–Trinajstić information content (AvgIpc) is 2.80. The summed E-state index contributed by atoms with van der Waals surface area (Å²) in [6.45, 7) is 1.18. The fourth-order valence-electron chi connectivity index (χ4n) is 2.26. The Labute approximate surface area is 91.3 Å². The Hall–Kier alpha value is -0.930. The van der Waals surface area contributed by atoms with E-state index in [2.05, 4.69) is 27.8 Å². The number of aromatic nitrogens is 1. The van der Waals surface area contributed by atoms with Crippen LogP contribution in [-0.2, 0) is 0 Å². The van der Waals surface area contributed by atoms with Gasteiger partial charge in [0.25, 0.3) is 0 Å². The molecule has 2 heterocycles. The van der Waals surface area contributed by atoms with Crippen molar-refractivity contribution in [2.24, 2.45) is 0 Å². The lowest BCUT2D eigenvalue weighted by molar-refractivity contribution is 0.453. The zero-order valence-corrected chi connectivity index (χ0v) is 9.24. The molecule has 3 heteroatoms. The van der Waals surface area contributed by atoms with Crippen molar-refractivity contribution in [3.63, 3.8) is 0 Å². The molecule has 2 N–H and O–H groups in total. The Morgan fingerprint density at radius 2 is 2.33 bits per heavy atom. The molecule has 0 radical (unpaired) electrons. The highest BCUT2D eigenvalue weighted by atomic mass is 15.0. The fraction of sp³-hybridized carbons (Fsp3) is 0.583. The van der Waals surface area contributed by atoms with Gasteiger partial charge in [-0.2, -0.15) is 0 Å². The second-order valence-electron chi connectivity index (χ2n) is 4.15. The number of hydrogen-bond acceptors (Lipinski definition) is 3. The van der Waals surface area contributed by atoms with Gasteiger partial charge in [0.1, 0.15) is 0 Å². The Kier molecular flexibility index (Phi) is 3.69. The lowest BCUT2D eigenvalue weighted by Crippen LogP contribution is -2.28. The van der Waals surface area contributed by atoms with E-state index in [0.29, 0.717) is 12.1 Å². The van der Waals surface area contributed by atoms with Crippen molar-refractivity contribution < 1.29 is 0 Å². The van der Waals surface area contributed by atoms with Gasteiger partial charge in [0.15, 0.2) is 0 Å². The molecule has 1 aliphatic rings. The summed E-state index contributed by atoms with van der Waals surface area (Å²) in [6.07, 6.45) is 7.52. The van der Waals surface area contributed by atoms with E-state index < -0.39 is 0 Å². The molecule has 1 aliphatic heterocycles. The number of rotatable bonds is 4. The molecule has 0 saturated carbocycles. The number of nitrogens with zero attached hydrogens (tertiary/aromatic N) is 1. The van der Waals surface area contributed by atoms with Crippen LogP contribution in [0.3, 0.4) is 0 Å². The second kappa shape index (κ2) is 5.24. The molecule has 1 aromatic heterocycles. The van der Waals surface area contributed by atoms with E-state index in [1.165, 1.54) is 31.4 Å². The number of nitrogens with one attached hydrogen (secondary N) is 2. The van der Waals surface area contributed by atoms with Gasteiger partial charge in [0.2, 0.25) is 0 Å². The number of hydrogen-bond donors (Lipinski definition) is 2. The first-order chi connectivity index (χ1) is 7.40. The second-order valence-corrected chi connectivity index (χ2v) is 4.15. The summed E-state index contributed by atoms with van der Waals surface area (Å²) < 4.78 is 0. The van der Waals surface area contributed by atoms with E-state index in [0.717, 1.165) is 0 Å². The molecular weight excluding hydrogens is 186 g/mol. The summed E-state index contributed by atoms with van der Waals surface area (Å²) in [7, 11) is 2.03. The fourth-order valence-corrected chi connectivity index (χ4v) is 2.26. The standard InChI is InChI=1S/C12H19N3/c1-13-12(9-11-3-2-6-15-11)10-4-7-14-8-5-10/h4-5,7-8,11-13,15H,2-3,6,9H2,1H3. The Morgan fingerprint density at radius 1 is 1.53 bits per heavy atom. The first-order valence-corrected chi connectivity index (χ1v) is 5.70. The predicted molar refractivity (Wildman–Crippen MR) is 61.7 cm³/mol. The molecular formula is C12H19N3. The molecule has 2 atom stereocenters. The summed E-state index contributed by atoms with van der Waals surface area (Å²) >= 11 is 0. The van der Waals surface area contributed by atoms with Crippen LogP contribution in [0, 0.1) is 0 Å². The van der Waals surface area contributed by atoms with E-state index in [-0.39, 0.29) is 0 Å². The first-order valence-electron chi connectivity index (χ1n) is 5.70. The Balaban J connectivity index is 1.97. The van der Waals surface area contributed by atoms with Gasteiger partial charge in [0, 0.05) is 24.5 Å². The summed E-state index contributed by atoms with van der Waals surface area (Å²) in [6, 6.07) is 5.31.